The van der Waals surface area contributed by atoms with Crippen molar-refractivity contribution in [1.29, 1.82) is 0 Å². The van der Waals surface area contributed by atoms with Crippen molar-refractivity contribution >= 4 is 28.6 Å². The first kappa shape index (κ1) is 14.1. The average Bonchev–Trinajstić information content (AvgIpc) is 2.93. The van der Waals surface area contributed by atoms with Gasteiger partial charge in [0, 0.05) is 10.9 Å². The van der Waals surface area contributed by atoms with Crippen LogP contribution in [-0.4, -0.2) is 10.8 Å². The Morgan fingerprint density at radius 3 is 2.75 bits per heavy atom. The molecule has 0 aliphatic carbocycles. The zero-order valence-electron chi connectivity index (χ0n) is 10.1. The summed E-state index contributed by atoms with van der Waals surface area (Å²) in [5, 5.41) is 14.6. The zero-order valence-corrected chi connectivity index (χ0v) is 10.9. The Balaban J connectivity index is 2.14. The maximum atomic E-state index is 13.6. The van der Waals surface area contributed by atoms with Crippen LogP contribution in [0.5, 0.6) is 0 Å². The molecule has 8 heteroatoms. The molecule has 0 aliphatic heterocycles. The lowest BCUT2D eigenvalue weighted by molar-refractivity contribution is -0.385. The van der Waals surface area contributed by atoms with E-state index in [1.54, 1.807) is 17.5 Å². The molecule has 2 rings (SSSR count). The first-order valence-corrected chi connectivity index (χ1v) is 6.41. The van der Waals surface area contributed by atoms with E-state index in [1.165, 1.54) is 11.3 Å². The van der Waals surface area contributed by atoms with Gasteiger partial charge >= 0.3 is 0 Å². The summed E-state index contributed by atoms with van der Waals surface area (Å²) in [6.45, 7) is 0. The van der Waals surface area contributed by atoms with Crippen LogP contribution in [0.25, 0.3) is 0 Å². The van der Waals surface area contributed by atoms with Gasteiger partial charge < -0.3 is 11.1 Å². The van der Waals surface area contributed by atoms with Crippen molar-refractivity contribution in [2.45, 2.75) is 6.04 Å². The minimum atomic E-state index is -0.912. The average molecular weight is 295 g/mol. The van der Waals surface area contributed by atoms with Gasteiger partial charge in [-0.2, -0.15) is 0 Å². The number of nitrogens with zero attached hydrogens (tertiary/aromatic N) is 1. The van der Waals surface area contributed by atoms with E-state index >= 15 is 0 Å². The summed E-state index contributed by atoms with van der Waals surface area (Å²) in [5.41, 5.74) is 5.19. The number of rotatable bonds is 4. The third-order valence-electron chi connectivity index (χ3n) is 2.55. The van der Waals surface area contributed by atoms with Gasteiger partial charge in [0.2, 0.25) is 5.91 Å². The van der Waals surface area contributed by atoms with E-state index in [0.29, 0.717) is 4.88 Å². The largest absolute Gasteiger partial charge is 0.322 e. The summed E-state index contributed by atoms with van der Waals surface area (Å²) in [7, 11) is 0. The highest BCUT2D eigenvalue weighted by Crippen LogP contribution is 2.23. The van der Waals surface area contributed by atoms with E-state index in [4.69, 9.17) is 5.73 Å². The fraction of sp³-hybridized carbons (Fsp3) is 0.0833. The molecule has 104 valence electrons. The molecule has 0 radical (unpaired) electrons. The van der Waals surface area contributed by atoms with Gasteiger partial charge in [-0.3, -0.25) is 14.9 Å². The van der Waals surface area contributed by atoms with Crippen molar-refractivity contribution in [3.05, 3.63) is 56.5 Å². The van der Waals surface area contributed by atoms with E-state index in [2.05, 4.69) is 5.32 Å². The molecule has 1 aromatic heterocycles. The van der Waals surface area contributed by atoms with Crippen LogP contribution >= 0.6 is 11.3 Å². The molecule has 0 aliphatic rings. The number of hydrogen-bond donors (Lipinski definition) is 2. The molecule has 2 aromatic rings. The van der Waals surface area contributed by atoms with Crippen molar-refractivity contribution < 1.29 is 14.1 Å². The number of thiophene rings is 1. The number of nitro benzene ring substituents is 1. The van der Waals surface area contributed by atoms with Crippen LogP contribution in [0.3, 0.4) is 0 Å². The maximum absolute atomic E-state index is 13.6. The fourth-order valence-corrected chi connectivity index (χ4v) is 2.25. The summed E-state index contributed by atoms with van der Waals surface area (Å²) in [4.78, 5) is 22.3. The third-order valence-corrected chi connectivity index (χ3v) is 3.51. The summed E-state index contributed by atoms with van der Waals surface area (Å²) in [6, 6.07) is 5.51. The van der Waals surface area contributed by atoms with Crippen LogP contribution in [0.2, 0.25) is 0 Å². The number of carbonyl (C=O) groups excluding carboxylic acids is 1. The minimum Gasteiger partial charge on any atom is -0.322 e. The number of hydrogen-bond acceptors (Lipinski definition) is 5. The van der Waals surface area contributed by atoms with Crippen LogP contribution < -0.4 is 11.1 Å². The number of benzene rings is 1. The first-order chi connectivity index (χ1) is 9.49. The van der Waals surface area contributed by atoms with Crippen LogP contribution in [-0.2, 0) is 4.79 Å². The molecule has 0 bridgehead atoms. The highest BCUT2D eigenvalue weighted by molar-refractivity contribution is 7.10. The fourth-order valence-electron chi connectivity index (χ4n) is 1.53. The molecule has 0 fully saturated rings. The van der Waals surface area contributed by atoms with Gasteiger partial charge in [0.1, 0.15) is 6.04 Å². The molecule has 0 saturated heterocycles. The molecule has 1 unspecified atom stereocenters. The Hall–Kier alpha value is -2.32. The molecule has 0 spiro atoms. The molecular formula is C12H10FN3O3S. The Bertz CT molecular complexity index is 645. The van der Waals surface area contributed by atoms with Crippen molar-refractivity contribution in [1.82, 2.24) is 0 Å². The van der Waals surface area contributed by atoms with Crippen molar-refractivity contribution in [2.24, 2.45) is 5.73 Å². The summed E-state index contributed by atoms with van der Waals surface area (Å²) in [6.07, 6.45) is 0. The van der Waals surface area contributed by atoms with Crippen LogP contribution in [0.15, 0.2) is 35.7 Å². The van der Waals surface area contributed by atoms with Crippen molar-refractivity contribution in [3.63, 3.8) is 0 Å². The smallest absolute Gasteiger partial charge is 0.272 e. The monoisotopic (exact) mass is 295 g/mol. The minimum absolute atomic E-state index is 0.146. The predicted octanol–water partition coefficient (Wildman–Crippen LogP) is 2.43. The number of nitrogens with two attached hydrogens (primary N) is 1. The SMILES string of the molecule is NC(C(=O)Nc1ccc([N+](=O)[O-])cc1F)c1cccs1. The number of halogens is 1. The van der Waals surface area contributed by atoms with Crippen molar-refractivity contribution in [2.75, 3.05) is 5.32 Å². The lowest BCUT2D eigenvalue weighted by Gasteiger charge is -2.11. The van der Waals surface area contributed by atoms with Gasteiger partial charge in [0.05, 0.1) is 16.7 Å². The van der Waals surface area contributed by atoms with Gasteiger partial charge in [-0.05, 0) is 17.5 Å². The lowest BCUT2D eigenvalue weighted by atomic mass is 10.2. The van der Waals surface area contributed by atoms with Gasteiger partial charge in [0.15, 0.2) is 5.82 Å². The molecule has 0 saturated carbocycles. The highest BCUT2D eigenvalue weighted by Gasteiger charge is 2.19. The van der Waals surface area contributed by atoms with Gasteiger partial charge in [-0.15, -0.1) is 11.3 Å². The summed E-state index contributed by atoms with van der Waals surface area (Å²) in [5.74, 6) is -1.47. The van der Waals surface area contributed by atoms with Crippen LogP contribution in [0.4, 0.5) is 15.8 Å². The van der Waals surface area contributed by atoms with Crippen LogP contribution in [0, 0.1) is 15.9 Å². The number of nitrogens with one attached hydrogen (secondary N) is 1. The molecule has 1 amide bonds. The zero-order chi connectivity index (χ0) is 14.7. The quantitative estimate of drug-likeness (QED) is 0.668. The normalized spacial score (nSPS) is 11.9. The Labute approximate surface area is 117 Å². The number of non-ortho nitro benzene ring substituents is 1. The third kappa shape index (κ3) is 2.98. The van der Waals surface area contributed by atoms with E-state index in [1.807, 2.05) is 0 Å². The molecule has 20 heavy (non-hydrogen) atoms. The van der Waals surface area contributed by atoms with Crippen LogP contribution in [0.1, 0.15) is 10.9 Å². The number of nitro groups is 1. The highest BCUT2D eigenvalue weighted by atomic mass is 32.1. The maximum Gasteiger partial charge on any atom is 0.272 e. The second-order valence-corrected chi connectivity index (χ2v) is 4.88. The molecular weight excluding hydrogens is 285 g/mol. The van der Waals surface area contributed by atoms with E-state index in [9.17, 15) is 19.3 Å². The topological polar surface area (TPSA) is 98.3 Å². The molecule has 6 nitrogen and oxygen atoms in total. The van der Waals surface area contributed by atoms with E-state index in [-0.39, 0.29) is 11.4 Å². The number of anilines is 1. The van der Waals surface area contributed by atoms with E-state index in [0.717, 1.165) is 18.2 Å². The van der Waals surface area contributed by atoms with Gasteiger partial charge in [-0.1, -0.05) is 6.07 Å². The summed E-state index contributed by atoms with van der Waals surface area (Å²) < 4.78 is 13.6. The van der Waals surface area contributed by atoms with E-state index < -0.39 is 22.7 Å². The Kier molecular flexibility index (Phi) is 4.06. The second kappa shape index (κ2) is 5.76. The first-order valence-electron chi connectivity index (χ1n) is 5.53. The predicted molar refractivity (Wildman–Crippen MR) is 72.9 cm³/mol. The summed E-state index contributed by atoms with van der Waals surface area (Å²) >= 11 is 1.31. The van der Waals surface area contributed by atoms with Gasteiger partial charge in [0.25, 0.3) is 5.69 Å². The lowest BCUT2D eigenvalue weighted by Crippen LogP contribution is -2.27. The Morgan fingerprint density at radius 1 is 1.45 bits per heavy atom. The molecule has 1 aromatic carbocycles. The standard InChI is InChI=1S/C12H10FN3O3S/c13-8-6-7(16(18)19)3-4-9(8)15-12(17)11(14)10-2-1-5-20-10/h1-6,11H,14H2,(H,15,17). The molecule has 1 heterocycles. The molecule has 1 atom stereocenters. The second-order valence-electron chi connectivity index (χ2n) is 3.90. The molecule has 3 N–H and O–H groups in total. The van der Waals surface area contributed by atoms with Crippen molar-refractivity contribution in [3.8, 4) is 0 Å². The Morgan fingerprint density at radius 2 is 2.20 bits per heavy atom. The number of amides is 1. The number of carbonyl (C=O) groups is 1. The van der Waals surface area contributed by atoms with Gasteiger partial charge in [-0.25, -0.2) is 4.39 Å².